The minimum absolute atomic E-state index is 0.0527. The van der Waals surface area contributed by atoms with Crippen LogP contribution in [0.1, 0.15) is 16.6 Å². The van der Waals surface area contributed by atoms with Crippen molar-refractivity contribution in [3.63, 3.8) is 0 Å². The quantitative estimate of drug-likeness (QED) is 0.0958. The summed E-state index contributed by atoms with van der Waals surface area (Å²) in [6, 6.07) is 6.18. The van der Waals surface area contributed by atoms with Crippen LogP contribution in [0.25, 0.3) is 11.2 Å². The second kappa shape index (κ2) is 11.9. The van der Waals surface area contributed by atoms with Gasteiger partial charge >= 0.3 is 29.4 Å². The summed E-state index contributed by atoms with van der Waals surface area (Å²) in [6.45, 7) is -1.08. The number of carbonyl (C=O) groups is 1. The van der Waals surface area contributed by atoms with E-state index in [0.717, 1.165) is 10.9 Å². The van der Waals surface area contributed by atoms with Gasteiger partial charge in [-0.2, -0.15) is 13.6 Å². The summed E-state index contributed by atoms with van der Waals surface area (Å²) in [7, 11) is -15.5. The lowest BCUT2D eigenvalue weighted by Gasteiger charge is -2.22. The molecule has 1 aromatic carbocycles. The number of ether oxygens (including phenoxy) is 2. The van der Waals surface area contributed by atoms with E-state index in [-0.39, 0.29) is 22.7 Å². The van der Waals surface area contributed by atoms with Crippen molar-refractivity contribution in [1.29, 1.82) is 0 Å². The average Bonchev–Trinajstić information content (AvgIpc) is 3.41. The Bertz CT molecular complexity index is 1690. The third-order valence-corrected chi connectivity index (χ3v) is 9.32. The van der Waals surface area contributed by atoms with E-state index in [0.29, 0.717) is 5.69 Å². The Morgan fingerprint density at radius 2 is 1.86 bits per heavy atom. The molecule has 6 atom stereocenters. The molecule has 3 heterocycles. The van der Waals surface area contributed by atoms with Gasteiger partial charge in [-0.25, -0.2) is 23.5 Å². The molecule has 0 radical (unpaired) electrons. The lowest BCUT2D eigenvalue weighted by molar-refractivity contribution is -0.0557. The number of aromatic nitrogens is 4. The molecule has 9 N–H and O–H groups in total. The molecule has 0 amide bonds. The maximum atomic E-state index is 13.1. The van der Waals surface area contributed by atoms with Crippen LogP contribution in [0, 0.1) is 0 Å². The second-order valence-corrected chi connectivity index (χ2v) is 12.8. The van der Waals surface area contributed by atoms with Gasteiger partial charge in [-0.05, 0) is 12.1 Å². The number of aliphatic hydroxyl groups excluding tert-OH is 1. The number of aromatic amines is 1. The highest BCUT2D eigenvalue weighted by atomic mass is 31.3. The summed E-state index contributed by atoms with van der Waals surface area (Å²) in [6.07, 6.45) is -5.51. The van der Waals surface area contributed by atoms with Gasteiger partial charge in [0.2, 0.25) is 5.95 Å². The van der Waals surface area contributed by atoms with Crippen LogP contribution in [0.15, 0.2) is 35.4 Å². The largest absolute Gasteiger partial charge is 0.490 e. The maximum absolute atomic E-state index is 13.1. The highest BCUT2D eigenvalue weighted by Gasteiger charge is 2.50. The van der Waals surface area contributed by atoms with E-state index in [9.17, 15) is 38.2 Å². The number of nitrogens with one attached hydrogen (secondary N) is 2. The topological polar surface area (TPSA) is 317 Å². The fourth-order valence-electron chi connectivity index (χ4n) is 3.87. The first kappa shape index (κ1) is 31.9. The molecule has 230 valence electrons. The number of hydrogen-bond donors (Lipinski definition) is 8. The predicted molar refractivity (Wildman–Crippen MR) is 137 cm³/mol. The van der Waals surface area contributed by atoms with Crippen molar-refractivity contribution in [2.75, 3.05) is 24.7 Å². The summed E-state index contributed by atoms with van der Waals surface area (Å²) < 4.78 is 58.8. The average molecular weight is 656 g/mol. The smallest absolute Gasteiger partial charge is 0.451 e. The Hall–Kier alpha value is -3.03. The number of nitrogens with two attached hydrogens (primary N) is 1. The number of phosphoric acid groups is 3. The molecule has 0 saturated carbocycles. The first-order valence-electron chi connectivity index (χ1n) is 11.3. The standard InChI is InChI=1S/C18H23N6O15P3/c1-20-9-5-3-2-4-8(9)17(27)37-13-12(25)10(6-35-41(31,32)39-42(33,34)38-40(28,29)30)36-16(13)24-7-21-11-14(24)22-18(19)23-15(11)26/h2-5,7,10,12-13,16,20,25H,6H2,1H3,(H,31,32)(H,33,34)(H2,28,29,30)(H3,19,22,23,26). The van der Waals surface area contributed by atoms with Crippen LogP contribution in [0.5, 0.6) is 0 Å². The van der Waals surface area contributed by atoms with E-state index < -0.39 is 66.1 Å². The minimum Gasteiger partial charge on any atom is -0.451 e. The van der Waals surface area contributed by atoms with Crippen molar-refractivity contribution >= 4 is 52.2 Å². The molecule has 1 saturated heterocycles. The number of nitrogens with zero attached hydrogens (tertiary/aromatic N) is 3. The Labute approximate surface area is 233 Å². The lowest BCUT2D eigenvalue weighted by atomic mass is 10.1. The zero-order chi connectivity index (χ0) is 31.0. The van der Waals surface area contributed by atoms with E-state index in [1.165, 1.54) is 6.07 Å². The Balaban J connectivity index is 1.62. The van der Waals surface area contributed by atoms with Gasteiger partial charge in [0.25, 0.3) is 5.56 Å². The van der Waals surface area contributed by atoms with Crippen molar-refractivity contribution in [3.8, 4) is 0 Å². The van der Waals surface area contributed by atoms with E-state index in [2.05, 4.69) is 33.4 Å². The zero-order valence-corrected chi connectivity index (χ0v) is 23.7. The number of esters is 1. The second-order valence-electron chi connectivity index (χ2n) is 8.38. The molecule has 1 fully saturated rings. The van der Waals surface area contributed by atoms with Crippen molar-refractivity contribution in [2.24, 2.45) is 0 Å². The Morgan fingerprint density at radius 3 is 2.52 bits per heavy atom. The van der Waals surface area contributed by atoms with Crippen LogP contribution >= 0.6 is 23.5 Å². The molecule has 0 aliphatic carbocycles. The van der Waals surface area contributed by atoms with Gasteiger partial charge in [0.15, 0.2) is 23.5 Å². The molecule has 1 aliphatic rings. The molecule has 24 heteroatoms. The third-order valence-electron chi connectivity index (χ3n) is 5.51. The molecular weight excluding hydrogens is 633 g/mol. The van der Waals surface area contributed by atoms with Crippen LogP contribution in [-0.4, -0.2) is 82.1 Å². The predicted octanol–water partition coefficient (Wildman–Crippen LogP) is -0.429. The molecule has 1 aliphatic heterocycles. The lowest BCUT2D eigenvalue weighted by Crippen LogP contribution is -2.37. The van der Waals surface area contributed by atoms with Gasteiger partial charge in [0.05, 0.1) is 18.5 Å². The van der Waals surface area contributed by atoms with Crippen molar-refractivity contribution in [2.45, 2.75) is 24.5 Å². The summed E-state index contributed by atoms with van der Waals surface area (Å²) >= 11 is 0. The number of aliphatic hydroxyl groups is 1. The molecule has 0 spiro atoms. The third kappa shape index (κ3) is 7.30. The Morgan fingerprint density at radius 1 is 1.17 bits per heavy atom. The number of phosphoric ester groups is 1. The van der Waals surface area contributed by atoms with Crippen LogP contribution in [-0.2, 0) is 36.3 Å². The van der Waals surface area contributed by atoms with Crippen LogP contribution in [0.2, 0.25) is 0 Å². The molecule has 2 aromatic heterocycles. The molecule has 6 unspecified atom stereocenters. The normalized spacial score (nSPS) is 23.8. The van der Waals surface area contributed by atoms with Crippen LogP contribution in [0.3, 0.4) is 0 Å². The summed E-state index contributed by atoms with van der Waals surface area (Å²) in [5.74, 6) is -1.26. The number of hydrogen-bond acceptors (Lipinski definition) is 15. The molecule has 21 nitrogen and oxygen atoms in total. The number of benzene rings is 1. The highest BCUT2D eigenvalue weighted by Crippen LogP contribution is 2.66. The molecule has 4 rings (SSSR count). The van der Waals surface area contributed by atoms with Gasteiger partial charge in [-0.1, -0.05) is 12.1 Å². The molecule has 3 aromatic rings. The summed E-state index contributed by atoms with van der Waals surface area (Å²) in [4.78, 5) is 72.0. The number of para-hydroxylation sites is 1. The van der Waals surface area contributed by atoms with Crippen molar-refractivity contribution in [3.05, 3.63) is 46.5 Å². The first-order chi connectivity index (χ1) is 19.5. The van der Waals surface area contributed by atoms with Crippen LogP contribution in [0.4, 0.5) is 11.6 Å². The van der Waals surface area contributed by atoms with E-state index in [1.807, 2.05) is 0 Å². The number of fused-ring (bicyclic) bond motifs is 1. The highest BCUT2D eigenvalue weighted by molar-refractivity contribution is 7.66. The van der Waals surface area contributed by atoms with E-state index >= 15 is 0 Å². The molecule has 42 heavy (non-hydrogen) atoms. The fourth-order valence-corrected chi connectivity index (χ4v) is 6.90. The minimum atomic E-state index is -5.82. The van der Waals surface area contributed by atoms with E-state index in [4.69, 9.17) is 25.0 Å². The number of imidazole rings is 1. The summed E-state index contributed by atoms with van der Waals surface area (Å²) in [5.41, 5.74) is 4.96. The van der Waals surface area contributed by atoms with Gasteiger partial charge < -0.3 is 45.2 Å². The number of H-pyrrole nitrogens is 1. The van der Waals surface area contributed by atoms with Gasteiger partial charge in [0, 0.05) is 12.7 Å². The van der Waals surface area contributed by atoms with E-state index in [1.54, 1.807) is 25.2 Å². The number of rotatable bonds is 11. The Kier molecular flexibility index (Phi) is 9.06. The van der Waals surface area contributed by atoms with Crippen molar-refractivity contribution < 1.29 is 65.8 Å². The zero-order valence-electron chi connectivity index (χ0n) is 21.0. The fraction of sp³-hybridized carbons (Fsp3) is 0.333. The maximum Gasteiger partial charge on any atom is 0.490 e. The first-order valence-corrected chi connectivity index (χ1v) is 15.8. The SMILES string of the molecule is CNc1ccccc1C(=O)OC1C(O)C(COP(=O)(O)OP(=O)(O)OP(=O)(O)O)OC1n1cnc2c(=O)[nH]c(N)nc21. The molecule has 0 bridgehead atoms. The number of carbonyl (C=O) groups excluding carboxylic acids is 1. The van der Waals surface area contributed by atoms with Gasteiger partial charge in [-0.15, -0.1) is 0 Å². The van der Waals surface area contributed by atoms with Gasteiger partial charge in [-0.3, -0.25) is 18.9 Å². The van der Waals surface area contributed by atoms with Gasteiger partial charge in [0.1, 0.15) is 12.2 Å². The molecular formula is C18H23N6O15P3. The van der Waals surface area contributed by atoms with Crippen molar-refractivity contribution in [1.82, 2.24) is 19.5 Å². The number of nitrogen functional groups attached to an aromatic ring is 1. The summed E-state index contributed by atoms with van der Waals surface area (Å²) in [5, 5.41) is 13.8. The number of anilines is 2. The van der Waals surface area contributed by atoms with Crippen LogP contribution < -0.4 is 16.6 Å². The monoisotopic (exact) mass is 656 g/mol.